The quantitative estimate of drug-likeness (QED) is 0.611. The summed E-state index contributed by atoms with van der Waals surface area (Å²) < 4.78 is 0. The van der Waals surface area contributed by atoms with Crippen LogP contribution in [0.4, 0.5) is 17.2 Å². The Bertz CT molecular complexity index is 963. The van der Waals surface area contributed by atoms with Gasteiger partial charge in [0.2, 0.25) is 6.41 Å². The molecule has 2 heterocycles. The van der Waals surface area contributed by atoms with Crippen molar-refractivity contribution in [1.82, 2.24) is 9.97 Å². The highest BCUT2D eigenvalue weighted by atomic mass is 16.1. The topological polar surface area (TPSA) is 86.9 Å². The van der Waals surface area contributed by atoms with Crippen molar-refractivity contribution in [3.05, 3.63) is 59.9 Å². The van der Waals surface area contributed by atoms with Gasteiger partial charge in [0.05, 0.1) is 16.9 Å². The average Bonchev–Trinajstić information content (AvgIpc) is 3.03. The second-order valence-corrected chi connectivity index (χ2v) is 6.19. The molecule has 4 rings (SSSR count). The maximum atomic E-state index is 12.6. The number of aryl methyl sites for hydroxylation is 1. The highest BCUT2D eigenvalue weighted by Crippen LogP contribution is 2.38. The predicted octanol–water partition coefficient (Wildman–Crippen LogP) is 3.91. The number of benzene rings is 1. The molecular weight excluding hydrogens is 328 g/mol. The van der Waals surface area contributed by atoms with E-state index in [1.54, 1.807) is 12.3 Å². The number of Topliss-reactive ketones (excluding diaryl/α,β-unsaturated/α-hetero) is 1. The summed E-state index contributed by atoms with van der Waals surface area (Å²) in [5.74, 6) is 0.606. The van der Waals surface area contributed by atoms with Crippen LogP contribution in [0.25, 0.3) is 11.3 Å². The number of carbonyl (C=O) groups excluding carboxylic acids is 2. The van der Waals surface area contributed by atoms with E-state index in [-0.39, 0.29) is 5.78 Å². The molecule has 0 aliphatic heterocycles. The van der Waals surface area contributed by atoms with Crippen LogP contribution in [0.2, 0.25) is 0 Å². The van der Waals surface area contributed by atoms with E-state index in [0.717, 1.165) is 46.7 Å². The van der Waals surface area contributed by atoms with Crippen LogP contribution in [0.5, 0.6) is 0 Å². The van der Waals surface area contributed by atoms with Crippen LogP contribution < -0.4 is 10.6 Å². The first kappa shape index (κ1) is 16.1. The molecule has 0 radical (unpaired) electrons. The van der Waals surface area contributed by atoms with Crippen molar-refractivity contribution in [1.29, 1.82) is 0 Å². The normalized spacial score (nSPS) is 13.2. The van der Waals surface area contributed by atoms with Crippen LogP contribution >= 0.6 is 0 Å². The largest absolute Gasteiger partial charge is 0.356 e. The fourth-order valence-corrected chi connectivity index (χ4v) is 3.33. The van der Waals surface area contributed by atoms with E-state index in [9.17, 15) is 9.59 Å². The number of nitrogens with zero attached hydrogens (tertiary/aromatic N) is 1. The molecule has 0 saturated carbocycles. The van der Waals surface area contributed by atoms with Gasteiger partial charge in [0, 0.05) is 29.6 Å². The fraction of sp³-hybridized carbons (Fsp3) is 0.150. The number of pyridine rings is 1. The zero-order valence-corrected chi connectivity index (χ0v) is 14.1. The van der Waals surface area contributed by atoms with Crippen LogP contribution in [-0.4, -0.2) is 22.2 Å². The molecule has 3 aromatic rings. The van der Waals surface area contributed by atoms with Crippen molar-refractivity contribution in [3.8, 4) is 11.3 Å². The van der Waals surface area contributed by atoms with Gasteiger partial charge in [-0.15, -0.1) is 0 Å². The maximum Gasteiger partial charge on any atom is 0.212 e. The van der Waals surface area contributed by atoms with Crippen molar-refractivity contribution in [3.63, 3.8) is 0 Å². The highest BCUT2D eigenvalue weighted by Gasteiger charge is 2.27. The number of aromatic amines is 1. The highest BCUT2D eigenvalue weighted by molar-refractivity contribution is 6.07. The van der Waals surface area contributed by atoms with E-state index >= 15 is 0 Å². The number of carbonyl (C=O) groups is 2. The summed E-state index contributed by atoms with van der Waals surface area (Å²) in [6.07, 6.45) is 4.48. The van der Waals surface area contributed by atoms with Gasteiger partial charge in [0.1, 0.15) is 5.82 Å². The molecule has 1 aromatic carbocycles. The van der Waals surface area contributed by atoms with Crippen LogP contribution in [0.1, 0.15) is 28.9 Å². The smallest absolute Gasteiger partial charge is 0.212 e. The number of para-hydroxylation sites is 1. The van der Waals surface area contributed by atoms with Gasteiger partial charge in [-0.2, -0.15) is 0 Å². The zero-order chi connectivity index (χ0) is 17.9. The number of nitrogens with one attached hydrogen (secondary N) is 3. The molecule has 6 heteroatoms. The van der Waals surface area contributed by atoms with Crippen molar-refractivity contribution >= 4 is 29.4 Å². The first-order valence-corrected chi connectivity index (χ1v) is 8.53. The molecule has 0 fully saturated rings. The summed E-state index contributed by atoms with van der Waals surface area (Å²) in [7, 11) is 0. The lowest BCUT2D eigenvalue weighted by molar-refractivity contribution is -0.105. The molecule has 0 spiro atoms. The first-order chi connectivity index (χ1) is 12.8. The number of H-pyrrole nitrogens is 1. The Labute approximate surface area is 150 Å². The van der Waals surface area contributed by atoms with E-state index < -0.39 is 0 Å². The number of hydrogen-bond donors (Lipinski definition) is 3. The number of rotatable bonds is 5. The fourth-order valence-electron chi connectivity index (χ4n) is 3.33. The van der Waals surface area contributed by atoms with E-state index in [1.165, 1.54) is 0 Å². The van der Waals surface area contributed by atoms with Gasteiger partial charge in [-0.05, 0) is 37.1 Å². The second-order valence-electron chi connectivity index (χ2n) is 6.19. The van der Waals surface area contributed by atoms with Crippen LogP contribution in [0.3, 0.4) is 0 Å². The van der Waals surface area contributed by atoms with E-state index in [0.29, 0.717) is 18.6 Å². The van der Waals surface area contributed by atoms with Gasteiger partial charge >= 0.3 is 0 Å². The number of hydrogen-bond acceptors (Lipinski definition) is 4. The number of fused-ring (bicyclic) bond motifs is 1. The summed E-state index contributed by atoms with van der Waals surface area (Å²) >= 11 is 0. The second kappa shape index (κ2) is 6.84. The molecule has 26 heavy (non-hydrogen) atoms. The molecule has 3 N–H and O–H groups in total. The number of aromatic nitrogens is 2. The van der Waals surface area contributed by atoms with Gasteiger partial charge in [-0.1, -0.05) is 18.2 Å². The predicted molar refractivity (Wildman–Crippen MR) is 101 cm³/mol. The van der Waals surface area contributed by atoms with E-state index in [2.05, 4.69) is 20.6 Å². The molecule has 1 aliphatic rings. The van der Waals surface area contributed by atoms with E-state index in [4.69, 9.17) is 0 Å². The van der Waals surface area contributed by atoms with E-state index in [1.807, 2.05) is 36.4 Å². The minimum absolute atomic E-state index is 0.146. The number of anilines is 3. The minimum atomic E-state index is 0.146. The maximum absolute atomic E-state index is 12.6. The molecule has 2 aromatic heterocycles. The third-order valence-electron chi connectivity index (χ3n) is 4.49. The summed E-state index contributed by atoms with van der Waals surface area (Å²) in [5.41, 5.74) is 5.05. The van der Waals surface area contributed by atoms with Gasteiger partial charge in [0.25, 0.3) is 0 Å². The van der Waals surface area contributed by atoms with Crippen LogP contribution in [0.15, 0.2) is 48.7 Å². The zero-order valence-electron chi connectivity index (χ0n) is 14.1. The Morgan fingerprint density at radius 2 is 1.96 bits per heavy atom. The molecule has 0 bridgehead atoms. The van der Waals surface area contributed by atoms with Gasteiger partial charge < -0.3 is 15.6 Å². The third kappa shape index (κ3) is 2.97. The molecule has 0 unspecified atom stereocenters. The van der Waals surface area contributed by atoms with Crippen molar-refractivity contribution in [2.75, 3.05) is 10.6 Å². The standard InChI is InChI=1S/C20H18N4O2/c25-12-22-17-11-13(9-10-21-17)19-20(23-14-5-2-1-3-6-14)18-15(24-19)7-4-8-16(18)26/h1-3,5-6,9-12,23-24H,4,7-8H2,(H,21,22,25). The SMILES string of the molecule is O=CNc1cc(-c2[nH]c3c(c2Nc2ccccc2)C(=O)CCC3)ccn1. The van der Waals surface area contributed by atoms with Crippen molar-refractivity contribution in [2.45, 2.75) is 19.3 Å². The lowest BCUT2D eigenvalue weighted by atomic mass is 9.95. The van der Waals surface area contributed by atoms with Crippen LogP contribution in [0, 0.1) is 0 Å². The summed E-state index contributed by atoms with van der Waals surface area (Å²) in [6.45, 7) is 0. The summed E-state index contributed by atoms with van der Waals surface area (Å²) in [4.78, 5) is 30.8. The third-order valence-corrected chi connectivity index (χ3v) is 4.49. The van der Waals surface area contributed by atoms with Crippen molar-refractivity contribution in [2.24, 2.45) is 0 Å². The first-order valence-electron chi connectivity index (χ1n) is 8.53. The summed E-state index contributed by atoms with van der Waals surface area (Å²) in [6, 6.07) is 13.4. The Hall–Kier alpha value is -3.41. The monoisotopic (exact) mass is 346 g/mol. The van der Waals surface area contributed by atoms with Gasteiger partial charge in [-0.25, -0.2) is 4.98 Å². The Balaban J connectivity index is 1.85. The van der Waals surface area contributed by atoms with Crippen LogP contribution in [-0.2, 0) is 11.2 Å². The Kier molecular flexibility index (Phi) is 4.23. The lowest BCUT2D eigenvalue weighted by Gasteiger charge is -2.13. The van der Waals surface area contributed by atoms with Gasteiger partial charge in [-0.3, -0.25) is 9.59 Å². The number of amides is 1. The average molecular weight is 346 g/mol. The van der Waals surface area contributed by atoms with Crippen molar-refractivity contribution < 1.29 is 9.59 Å². The molecule has 130 valence electrons. The molecule has 1 aliphatic carbocycles. The molecule has 1 amide bonds. The Morgan fingerprint density at radius 1 is 1.12 bits per heavy atom. The molecule has 0 saturated heterocycles. The number of ketones is 1. The molecule has 0 atom stereocenters. The lowest BCUT2D eigenvalue weighted by Crippen LogP contribution is -2.10. The van der Waals surface area contributed by atoms with Gasteiger partial charge in [0.15, 0.2) is 5.78 Å². The summed E-state index contributed by atoms with van der Waals surface area (Å²) in [5, 5.41) is 5.96. The molecule has 6 nitrogen and oxygen atoms in total. The minimum Gasteiger partial charge on any atom is -0.356 e. The Morgan fingerprint density at radius 3 is 2.77 bits per heavy atom. The molecular formula is C20H18N4O2.